The van der Waals surface area contributed by atoms with Crippen LogP contribution in [0.15, 0.2) is 30.6 Å². The predicted octanol–water partition coefficient (Wildman–Crippen LogP) is 2.53. The molecule has 2 amide bonds. The van der Waals surface area contributed by atoms with E-state index in [9.17, 15) is 9.59 Å². The Morgan fingerprint density at radius 3 is 2.70 bits per heavy atom. The van der Waals surface area contributed by atoms with Gasteiger partial charge in [0, 0.05) is 13.2 Å². The van der Waals surface area contributed by atoms with E-state index in [-0.39, 0.29) is 11.8 Å². The fourth-order valence-corrected chi connectivity index (χ4v) is 2.59. The van der Waals surface area contributed by atoms with Gasteiger partial charge in [-0.05, 0) is 38.3 Å². The maximum absolute atomic E-state index is 12.4. The quantitative estimate of drug-likeness (QED) is 0.911. The standard InChI is InChI=1S/C17H20N4O2/c1-11-6-7-15(14(8-11)17(23)18-2)20-16(22)12-9-19-21(10-12)13-4-3-5-13/h6-10,13H,3-5H2,1-2H3,(H,18,23)(H,20,22). The lowest BCUT2D eigenvalue weighted by Gasteiger charge is -2.25. The lowest BCUT2D eigenvalue weighted by Crippen LogP contribution is -2.21. The van der Waals surface area contributed by atoms with Crippen molar-refractivity contribution in [1.29, 1.82) is 0 Å². The number of carbonyl (C=O) groups excluding carboxylic acids is 2. The lowest BCUT2D eigenvalue weighted by atomic mass is 9.93. The van der Waals surface area contributed by atoms with Crippen LogP contribution < -0.4 is 10.6 Å². The van der Waals surface area contributed by atoms with Gasteiger partial charge in [-0.25, -0.2) is 0 Å². The van der Waals surface area contributed by atoms with E-state index in [0.29, 0.717) is 22.9 Å². The van der Waals surface area contributed by atoms with E-state index >= 15 is 0 Å². The summed E-state index contributed by atoms with van der Waals surface area (Å²) in [5.41, 5.74) is 2.41. The number of anilines is 1. The van der Waals surface area contributed by atoms with Crippen molar-refractivity contribution >= 4 is 17.5 Å². The van der Waals surface area contributed by atoms with Crippen LogP contribution in [-0.2, 0) is 0 Å². The molecule has 0 bridgehead atoms. The molecule has 6 nitrogen and oxygen atoms in total. The van der Waals surface area contributed by atoms with E-state index in [1.54, 1.807) is 31.6 Å². The fraction of sp³-hybridized carbons (Fsp3) is 0.353. The van der Waals surface area contributed by atoms with Crippen LogP contribution in [0.4, 0.5) is 5.69 Å². The topological polar surface area (TPSA) is 76.0 Å². The molecule has 0 radical (unpaired) electrons. The number of hydrogen-bond donors (Lipinski definition) is 2. The molecule has 1 fully saturated rings. The zero-order valence-corrected chi connectivity index (χ0v) is 13.3. The van der Waals surface area contributed by atoms with Crippen molar-refractivity contribution in [3.8, 4) is 0 Å². The Morgan fingerprint density at radius 2 is 2.04 bits per heavy atom. The second-order valence-electron chi connectivity index (χ2n) is 5.88. The van der Waals surface area contributed by atoms with Crippen LogP contribution in [0.5, 0.6) is 0 Å². The van der Waals surface area contributed by atoms with Gasteiger partial charge >= 0.3 is 0 Å². The maximum atomic E-state index is 12.4. The average molecular weight is 312 g/mol. The summed E-state index contributed by atoms with van der Waals surface area (Å²) in [6.07, 6.45) is 6.78. The summed E-state index contributed by atoms with van der Waals surface area (Å²) in [7, 11) is 1.57. The summed E-state index contributed by atoms with van der Waals surface area (Å²) in [5, 5.41) is 9.66. The zero-order valence-electron chi connectivity index (χ0n) is 13.3. The molecule has 1 aromatic heterocycles. The van der Waals surface area contributed by atoms with E-state index in [2.05, 4.69) is 15.7 Å². The Bertz CT molecular complexity index is 747. The number of nitrogens with one attached hydrogen (secondary N) is 2. The average Bonchev–Trinajstić information content (AvgIpc) is 2.96. The van der Waals surface area contributed by atoms with Crippen molar-refractivity contribution in [3.05, 3.63) is 47.3 Å². The van der Waals surface area contributed by atoms with Gasteiger partial charge in [-0.3, -0.25) is 14.3 Å². The Hall–Kier alpha value is -2.63. The molecule has 3 rings (SSSR count). The van der Waals surface area contributed by atoms with E-state index in [0.717, 1.165) is 18.4 Å². The number of aryl methyl sites for hydroxylation is 1. The van der Waals surface area contributed by atoms with Gasteiger partial charge in [0.1, 0.15) is 0 Å². The van der Waals surface area contributed by atoms with E-state index in [1.807, 2.05) is 17.7 Å². The van der Waals surface area contributed by atoms with Crippen molar-refractivity contribution in [2.45, 2.75) is 32.2 Å². The molecule has 0 saturated heterocycles. The van der Waals surface area contributed by atoms with Crippen LogP contribution >= 0.6 is 0 Å². The molecule has 1 aliphatic carbocycles. The highest BCUT2D eigenvalue weighted by Gasteiger charge is 2.21. The maximum Gasteiger partial charge on any atom is 0.258 e. The fourth-order valence-electron chi connectivity index (χ4n) is 2.59. The van der Waals surface area contributed by atoms with Crippen molar-refractivity contribution < 1.29 is 9.59 Å². The van der Waals surface area contributed by atoms with E-state index in [4.69, 9.17) is 0 Å². The van der Waals surface area contributed by atoms with Gasteiger partial charge in [-0.2, -0.15) is 5.10 Å². The summed E-state index contributed by atoms with van der Waals surface area (Å²) >= 11 is 0. The third-order valence-electron chi connectivity index (χ3n) is 4.21. The molecule has 6 heteroatoms. The van der Waals surface area contributed by atoms with Crippen molar-refractivity contribution in [2.24, 2.45) is 0 Å². The predicted molar refractivity (Wildman–Crippen MR) is 87.6 cm³/mol. The Morgan fingerprint density at radius 1 is 1.26 bits per heavy atom. The minimum atomic E-state index is -0.260. The number of carbonyl (C=O) groups is 2. The third-order valence-corrected chi connectivity index (χ3v) is 4.21. The first-order valence-corrected chi connectivity index (χ1v) is 7.76. The Kier molecular flexibility index (Phi) is 4.14. The number of nitrogens with zero attached hydrogens (tertiary/aromatic N) is 2. The van der Waals surface area contributed by atoms with Gasteiger partial charge in [-0.15, -0.1) is 0 Å². The van der Waals surface area contributed by atoms with Crippen molar-refractivity contribution in [1.82, 2.24) is 15.1 Å². The molecule has 0 unspecified atom stereocenters. The first-order chi connectivity index (χ1) is 11.1. The molecule has 1 saturated carbocycles. The molecule has 0 spiro atoms. The molecule has 1 heterocycles. The van der Waals surface area contributed by atoms with E-state index in [1.165, 1.54) is 6.42 Å². The molecule has 2 aromatic rings. The second-order valence-corrected chi connectivity index (χ2v) is 5.88. The largest absolute Gasteiger partial charge is 0.355 e. The minimum Gasteiger partial charge on any atom is -0.355 e. The summed E-state index contributed by atoms with van der Waals surface area (Å²) in [5.74, 6) is -0.487. The molecular formula is C17H20N4O2. The van der Waals surface area contributed by atoms with Gasteiger partial charge in [0.05, 0.1) is 29.1 Å². The molecule has 0 atom stereocenters. The first kappa shape index (κ1) is 15.3. The summed E-state index contributed by atoms with van der Waals surface area (Å²) in [6.45, 7) is 1.90. The van der Waals surface area contributed by atoms with Crippen LogP contribution in [0.1, 0.15) is 51.6 Å². The third kappa shape index (κ3) is 3.11. The first-order valence-electron chi connectivity index (χ1n) is 7.76. The number of benzene rings is 1. The molecule has 0 aliphatic heterocycles. The lowest BCUT2D eigenvalue weighted by molar-refractivity contribution is 0.0964. The Labute approximate surface area is 134 Å². The Balaban J connectivity index is 1.79. The van der Waals surface area contributed by atoms with Crippen LogP contribution in [0, 0.1) is 6.92 Å². The molecule has 1 aromatic carbocycles. The monoisotopic (exact) mass is 312 g/mol. The molecular weight excluding hydrogens is 292 g/mol. The number of hydrogen-bond acceptors (Lipinski definition) is 3. The number of aromatic nitrogens is 2. The van der Waals surface area contributed by atoms with Crippen LogP contribution in [0.3, 0.4) is 0 Å². The van der Waals surface area contributed by atoms with Gasteiger partial charge in [-0.1, -0.05) is 11.6 Å². The molecule has 120 valence electrons. The molecule has 1 aliphatic rings. The highest BCUT2D eigenvalue weighted by atomic mass is 16.2. The summed E-state index contributed by atoms with van der Waals surface area (Å²) < 4.78 is 1.85. The smallest absolute Gasteiger partial charge is 0.258 e. The summed E-state index contributed by atoms with van der Waals surface area (Å²) in [6, 6.07) is 5.78. The van der Waals surface area contributed by atoms with Gasteiger partial charge in [0.2, 0.25) is 0 Å². The van der Waals surface area contributed by atoms with Crippen molar-refractivity contribution in [2.75, 3.05) is 12.4 Å². The normalized spacial score (nSPS) is 14.2. The van der Waals surface area contributed by atoms with Gasteiger partial charge < -0.3 is 10.6 Å². The van der Waals surface area contributed by atoms with E-state index < -0.39 is 0 Å². The molecule has 23 heavy (non-hydrogen) atoms. The number of rotatable bonds is 4. The van der Waals surface area contributed by atoms with Crippen LogP contribution in [0.25, 0.3) is 0 Å². The van der Waals surface area contributed by atoms with Gasteiger partial charge in [0.25, 0.3) is 11.8 Å². The summed E-state index contributed by atoms with van der Waals surface area (Å²) in [4.78, 5) is 24.4. The highest BCUT2D eigenvalue weighted by Crippen LogP contribution is 2.30. The van der Waals surface area contributed by atoms with Crippen LogP contribution in [-0.4, -0.2) is 28.6 Å². The highest BCUT2D eigenvalue weighted by molar-refractivity contribution is 6.08. The van der Waals surface area contributed by atoms with Crippen LogP contribution in [0.2, 0.25) is 0 Å². The minimum absolute atomic E-state index is 0.228. The second kappa shape index (κ2) is 6.24. The SMILES string of the molecule is CNC(=O)c1cc(C)ccc1NC(=O)c1cnn(C2CCC2)c1. The van der Waals surface area contributed by atoms with Gasteiger partial charge in [0.15, 0.2) is 0 Å². The zero-order chi connectivity index (χ0) is 16.4. The number of amides is 2. The van der Waals surface area contributed by atoms with Crippen molar-refractivity contribution in [3.63, 3.8) is 0 Å². The molecule has 2 N–H and O–H groups in total.